The molecule has 0 fully saturated rings. The average Bonchev–Trinajstić information content (AvgIpc) is 2.74. The van der Waals surface area contributed by atoms with Crippen molar-refractivity contribution in [2.45, 2.75) is 58.4 Å². The van der Waals surface area contributed by atoms with Gasteiger partial charge in [0, 0.05) is 35.6 Å². The maximum atomic E-state index is 14.1. The van der Waals surface area contributed by atoms with Crippen LogP contribution in [0.3, 0.4) is 0 Å². The van der Waals surface area contributed by atoms with Crippen molar-refractivity contribution in [2.24, 2.45) is 10.9 Å². The van der Waals surface area contributed by atoms with Gasteiger partial charge >= 0.3 is 0 Å². The standard InChI is InChI=1S/C24H30F2N2OS2/c1-6-16(3)22(24(5,25)26)28-21-14-19(11-8-17(21)4)23(29)27-15-18-9-12-20(13-10-18)31-30-7-2/h8-14,16H,6-7,15H2,1-5H3,(H,27,29). The molecule has 0 radical (unpaired) electrons. The molecular weight excluding hydrogens is 434 g/mol. The molecule has 3 nitrogen and oxygen atoms in total. The van der Waals surface area contributed by atoms with Crippen molar-refractivity contribution < 1.29 is 13.6 Å². The second-order valence-electron chi connectivity index (χ2n) is 7.51. The van der Waals surface area contributed by atoms with E-state index < -0.39 is 5.92 Å². The van der Waals surface area contributed by atoms with Crippen molar-refractivity contribution in [3.63, 3.8) is 0 Å². The third kappa shape index (κ3) is 7.65. The SMILES string of the molecule is CCSSc1ccc(CNC(=O)c2ccc(C)c(N=C(C(C)CC)C(C)(F)F)c2)cc1. The van der Waals surface area contributed by atoms with Crippen molar-refractivity contribution in [3.05, 3.63) is 59.2 Å². The number of amides is 1. The molecule has 0 bridgehead atoms. The molecule has 0 saturated heterocycles. The van der Waals surface area contributed by atoms with Gasteiger partial charge in [-0.25, -0.2) is 8.78 Å². The minimum atomic E-state index is -3.01. The molecular formula is C24H30F2N2OS2. The Balaban J connectivity index is 2.15. The van der Waals surface area contributed by atoms with Crippen LogP contribution in [0.1, 0.15) is 55.6 Å². The predicted octanol–water partition coefficient (Wildman–Crippen LogP) is 7.46. The fraction of sp³-hybridized carbons (Fsp3) is 0.417. The number of hydrogen-bond donors (Lipinski definition) is 1. The summed E-state index contributed by atoms with van der Waals surface area (Å²) >= 11 is 0. The number of aliphatic imine (C=N–C) groups is 1. The first kappa shape index (κ1) is 25.4. The quantitative estimate of drug-likeness (QED) is 0.293. The molecule has 0 spiro atoms. The van der Waals surface area contributed by atoms with Crippen molar-refractivity contribution in [2.75, 3.05) is 5.75 Å². The van der Waals surface area contributed by atoms with Crippen molar-refractivity contribution >= 4 is 38.9 Å². The van der Waals surface area contributed by atoms with Crippen LogP contribution in [0, 0.1) is 12.8 Å². The number of nitrogens with one attached hydrogen (secondary N) is 1. The Labute approximate surface area is 191 Å². The summed E-state index contributed by atoms with van der Waals surface area (Å²) in [5.74, 6) is -2.58. The van der Waals surface area contributed by atoms with E-state index in [0.29, 0.717) is 24.2 Å². The van der Waals surface area contributed by atoms with E-state index in [1.54, 1.807) is 53.6 Å². The van der Waals surface area contributed by atoms with Crippen LogP contribution in [0.25, 0.3) is 0 Å². The number of alkyl halides is 2. The van der Waals surface area contributed by atoms with Crippen LogP contribution in [0.2, 0.25) is 0 Å². The number of rotatable bonds is 10. The smallest absolute Gasteiger partial charge is 0.283 e. The van der Waals surface area contributed by atoms with Crippen LogP contribution in [-0.4, -0.2) is 23.3 Å². The lowest BCUT2D eigenvalue weighted by molar-refractivity contribution is 0.0942. The lowest BCUT2D eigenvalue weighted by atomic mass is 9.97. The molecule has 0 aliphatic heterocycles. The molecule has 0 aromatic heterocycles. The van der Waals surface area contributed by atoms with Gasteiger partial charge in [-0.1, -0.05) is 60.6 Å². The van der Waals surface area contributed by atoms with Gasteiger partial charge in [0.2, 0.25) is 0 Å². The number of nitrogens with zero attached hydrogens (tertiary/aromatic N) is 1. The number of benzene rings is 2. The van der Waals surface area contributed by atoms with Gasteiger partial charge in [-0.05, 0) is 48.7 Å². The highest BCUT2D eigenvalue weighted by Crippen LogP contribution is 2.31. The Morgan fingerprint density at radius 3 is 2.42 bits per heavy atom. The normalized spacial score (nSPS) is 13.2. The third-order valence-corrected chi connectivity index (χ3v) is 7.35. The molecule has 1 unspecified atom stereocenters. The molecule has 0 saturated carbocycles. The van der Waals surface area contributed by atoms with Gasteiger partial charge in [-0.15, -0.1) is 0 Å². The van der Waals surface area contributed by atoms with E-state index in [-0.39, 0.29) is 17.5 Å². The fourth-order valence-electron chi connectivity index (χ4n) is 2.91. The van der Waals surface area contributed by atoms with Crippen molar-refractivity contribution in [3.8, 4) is 0 Å². The summed E-state index contributed by atoms with van der Waals surface area (Å²) in [5, 5.41) is 2.89. The highest BCUT2D eigenvalue weighted by atomic mass is 33.1. The zero-order chi connectivity index (χ0) is 23.0. The zero-order valence-corrected chi connectivity index (χ0v) is 20.3. The fourth-order valence-corrected chi connectivity index (χ4v) is 4.51. The molecule has 7 heteroatoms. The Hall–Kier alpha value is -1.86. The van der Waals surface area contributed by atoms with E-state index in [9.17, 15) is 13.6 Å². The second kappa shape index (κ2) is 11.7. The lowest BCUT2D eigenvalue weighted by Gasteiger charge is -2.20. The molecule has 168 valence electrons. The number of carbonyl (C=O) groups is 1. The molecule has 1 atom stereocenters. The largest absolute Gasteiger partial charge is 0.348 e. The highest BCUT2D eigenvalue weighted by Gasteiger charge is 2.33. The van der Waals surface area contributed by atoms with E-state index in [4.69, 9.17) is 0 Å². The topological polar surface area (TPSA) is 41.5 Å². The number of carbonyl (C=O) groups excluding carboxylic acids is 1. The molecule has 2 rings (SSSR count). The molecule has 1 N–H and O–H groups in total. The molecule has 2 aromatic rings. The van der Waals surface area contributed by atoms with Crippen LogP contribution in [0.15, 0.2) is 52.4 Å². The first-order chi connectivity index (χ1) is 14.7. The Morgan fingerprint density at radius 1 is 1.16 bits per heavy atom. The van der Waals surface area contributed by atoms with Gasteiger partial charge in [-0.3, -0.25) is 9.79 Å². The van der Waals surface area contributed by atoms with Gasteiger partial charge in [0.05, 0.1) is 11.4 Å². The van der Waals surface area contributed by atoms with E-state index in [2.05, 4.69) is 17.2 Å². The molecule has 0 heterocycles. The van der Waals surface area contributed by atoms with Crippen LogP contribution < -0.4 is 5.32 Å². The van der Waals surface area contributed by atoms with Crippen LogP contribution in [0.4, 0.5) is 14.5 Å². The lowest BCUT2D eigenvalue weighted by Crippen LogP contribution is -2.30. The molecule has 0 aliphatic carbocycles. The summed E-state index contributed by atoms with van der Waals surface area (Å²) in [5.41, 5.74) is 2.39. The Kier molecular flexibility index (Phi) is 9.56. The van der Waals surface area contributed by atoms with Gasteiger partial charge in [0.1, 0.15) is 0 Å². The monoisotopic (exact) mass is 464 g/mol. The summed E-state index contributed by atoms with van der Waals surface area (Å²) < 4.78 is 28.2. The number of halogens is 2. The number of aryl methyl sites for hydroxylation is 1. The number of hydrogen-bond acceptors (Lipinski definition) is 4. The predicted molar refractivity (Wildman–Crippen MR) is 130 cm³/mol. The van der Waals surface area contributed by atoms with E-state index >= 15 is 0 Å². The summed E-state index contributed by atoms with van der Waals surface area (Å²) in [6, 6.07) is 13.1. The van der Waals surface area contributed by atoms with Crippen LogP contribution >= 0.6 is 21.6 Å². The van der Waals surface area contributed by atoms with Gasteiger partial charge in [0.15, 0.2) is 0 Å². The minimum absolute atomic E-state index is 0.158. The summed E-state index contributed by atoms with van der Waals surface area (Å²) in [7, 11) is 3.51. The first-order valence-electron chi connectivity index (χ1n) is 10.4. The minimum Gasteiger partial charge on any atom is -0.348 e. The van der Waals surface area contributed by atoms with Gasteiger partial charge < -0.3 is 5.32 Å². The van der Waals surface area contributed by atoms with E-state index in [0.717, 1.165) is 23.8 Å². The second-order valence-corrected chi connectivity index (χ2v) is 10.2. The van der Waals surface area contributed by atoms with Gasteiger partial charge in [-0.2, -0.15) is 0 Å². The summed E-state index contributed by atoms with van der Waals surface area (Å²) in [6.07, 6.45) is 0.565. The van der Waals surface area contributed by atoms with Crippen molar-refractivity contribution in [1.29, 1.82) is 0 Å². The molecule has 31 heavy (non-hydrogen) atoms. The Bertz CT molecular complexity index is 909. The molecule has 0 aliphatic rings. The molecule has 2 aromatic carbocycles. The van der Waals surface area contributed by atoms with Crippen LogP contribution in [0.5, 0.6) is 0 Å². The Morgan fingerprint density at radius 2 is 1.84 bits per heavy atom. The maximum Gasteiger partial charge on any atom is 0.283 e. The summed E-state index contributed by atoms with van der Waals surface area (Å²) in [6.45, 7) is 8.78. The highest BCUT2D eigenvalue weighted by molar-refractivity contribution is 8.76. The van der Waals surface area contributed by atoms with E-state index in [1.165, 1.54) is 4.90 Å². The zero-order valence-electron chi connectivity index (χ0n) is 18.7. The van der Waals surface area contributed by atoms with Crippen LogP contribution in [-0.2, 0) is 6.54 Å². The maximum absolute atomic E-state index is 14.1. The van der Waals surface area contributed by atoms with E-state index in [1.807, 2.05) is 31.2 Å². The third-order valence-electron chi connectivity index (χ3n) is 4.89. The average molecular weight is 465 g/mol. The van der Waals surface area contributed by atoms with Crippen molar-refractivity contribution in [1.82, 2.24) is 5.32 Å². The van der Waals surface area contributed by atoms with Gasteiger partial charge in [0.25, 0.3) is 11.8 Å². The first-order valence-corrected chi connectivity index (χ1v) is 12.7. The summed E-state index contributed by atoms with van der Waals surface area (Å²) in [4.78, 5) is 18.1. The molecule has 1 amide bonds.